The zero-order chi connectivity index (χ0) is 11.0. The van der Waals surface area contributed by atoms with Crippen molar-refractivity contribution < 1.29 is 84.0 Å². The van der Waals surface area contributed by atoms with Gasteiger partial charge in [-0.05, 0) is 12.3 Å². The molecule has 0 amide bonds. The van der Waals surface area contributed by atoms with Crippen LogP contribution in [0, 0.1) is 5.92 Å². The molecule has 0 radical (unpaired) electrons. The molecule has 0 aliphatic rings. The number of aliphatic hydroxyl groups excluding tert-OH is 1. The van der Waals surface area contributed by atoms with Gasteiger partial charge in [0, 0.05) is 5.97 Å². The molecule has 15 heavy (non-hydrogen) atoms. The smallest absolute Gasteiger partial charge is 0.550 e. The summed E-state index contributed by atoms with van der Waals surface area (Å²) in [7, 11) is 0. The molecule has 0 fully saturated rings. The number of carbonyl (C=O) groups is 2. The second-order valence-corrected chi connectivity index (χ2v) is 2.72. The molecule has 0 aromatic heterocycles. The largest absolute Gasteiger partial charge is 1.00 e. The maximum atomic E-state index is 9.59. The van der Waals surface area contributed by atoms with Gasteiger partial charge in [-0.1, -0.05) is 20.8 Å². The second-order valence-electron chi connectivity index (χ2n) is 2.72. The Bertz CT molecular complexity index is 172. The summed E-state index contributed by atoms with van der Waals surface area (Å²) in [5, 5.41) is 27.4. The van der Waals surface area contributed by atoms with E-state index >= 15 is 0 Å². The summed E-state index contributed by atoms with van der Waals surface area (Å²) in [6.45, 7) is 4.73. The fourth-order valence-corrected chi connectivity index (χ4v) is 0.167. The molecule has 0 saturated carbocycles. The maximum Gasteiger partial charge on any atom is 1.00 e. The van der Waals surface area contributed by atoms with Gasteiger partial charge in [-0.3, -0.25) is 0 Å². The summed E-state index contributed by atoms with van der Waals surface area (Å²) in [6.07, 6.45) is -1.08. The zero-order valence-electron chi connectivity index (χ0n) is 9.94. The fourth-order valence-electron chi connectivity index (χ4n) is 0.167. The van der Waals surface area contributed by atoms with Crippen molar-refractivity contribution in [2.45, 2.75) is 33.3 Å². The normalized spacial score (nSPS) is 9.93. The molecule has 0 aromatic carbocycles. The van der Waals surface area contributed by atoms with Crippen LogP contribution >= 0.6 is 0 Å². The first kappa shape index (κ1) is 24.9. The van der Waals surface area contributed by atoms with Gasteiger partial charge in [0.2, 0.25) is 0 Å². The van der Waals surface area contributed by atoms with Gasteiger partial charge in [-0.2, -0.15) is 0 Å². The van der Waals surface area contributed by atoms with E-state index in [2.05, 4.69) is 0 Å². The predicted octanol–water partition coefficient (Wildman–Crippen LogP) is -8.09. The van der Waals surface area contributed by atoms with Crippen molar-refractivity contribution in [1.82, 2.24) is 0 Å². The minimum atomic E-state index is -1.40. The van der Waals surface area contributed by atoms with Crippen LogP contribution in [0.25, 0.3) is 0 Å². The number of carboxylic acid groups (broad SMARTS) is 2. The number of aliphatic hydroxyl groups is 1. The summed E-state index contributed by atoms with van der Waals surface area (Å²) >= 11 is 0. The van der Waals surface area contributed by atoms with Crippen molar-refractivity contribution in [3.05, 3.63) is 0 Å². The zero-order valence-corrected chi connectivity index (χ0v) is 13.9. The topological polar surface area (TPSA) is 100 Å². The number of aliphatic carboxylic acids is 2. The first-order valence-corrected chi connectivity index (χ1v) is 3.92. The molecule has 7 heteroatoms. The van der Waals surface area contributed by atoms with Gasteiger partial charge >= 0.3 is 59.1 Å². The molecular weight excluding hydrogens is 222 g/mol. The number of hydrogen-bond acceptors (Lipinski definition) is 5. The second kappa shape index (κ2) is 14.9. The molecule has 78 valence electrons. The predicted molar refractivity (Wildman–Crippen MR) is 41.1 cm³/mol. The minimum absolute atomic E-state index is 0. The Labute approximate surface area is 134 Å². The molecule has 0 aliphatic carbocycles. The first-order valence-electron chi connectivity index (χ1n) is 3.92. The van der Waals surface area contributed by atoms with Crippen LogP contribution in [0.4, 0.5) is 0 Å². The van der Waals surface area contributed by atoms with Crippen molar-refractivity contribution in [1.29, 1.82) is 0 Å². The van der Waals surface area contributed by atoms with Gasteiger partial charge in [-0.15, -0.1) is 0 Å². The van der Waals surface area contributed by atoms with Crippen molar-refractivity contribution in [3.63, 3.8) is 0 Å². The summed E-state index contributed by atoms with van der Waals surface area (Å²) in [5.41, 5.74) is 0. The van der Waals surface area contributed by atoms with Crippen LogP contribution in [0.1, 0.15) is 27.2 Å². The Morgan fingerprint density at radius 3 is 1.40 bits per heavy atom. The van der Waals surface area contributed by atoms with E-state index in [0.717, 1.165) is 0 Å². The van der Waals surface area contributed by atoms with Gasteiger partial charge in [0.1, 0.15) is 0 Å². The third kappa shape index (κ3) is 20.9. The molecule has 0 aromatic rings. The van der Waals surface area contributed by atoms with Gasteiger partial charge in [0.25, 0.3) is 0 Å². The average molecular weight is 236 g/mol. The summed E-state index contributed by atoms with van der Waals surface area (Å²) < 4.78 is 0. The van der Waals surface area contributed by atoms with Crippen LogP contribution in [0.5, 0.6) is 0 Å². The van der Waals surface area contributed by atoms with Gasteiger partial charge in [0.15, 0.2) is 0 Å². The fraction of sp³-hybridized carbons (Fsp3) is 0.750. The third-order valence-corrected chi connectivity index (χ3v) is 1.13. The van der Waals surface area contributed by atoms with Crippen molar-refractivity contribution in [2.24, 2.45) is 5.92 Å². The van der Waals surface area contributed by atoms with Gasteiger partial charge < -0.3 is 24.9 Å². The molecule has 1 unspecified atom stereocenters. The van der Waals surface area contributed by atoms with Crippen LogP contribution in [0.15, 0.2) is 0 Å². The van der Waals surface area contributed by atoms with E-state index in [1.54, 1.807) is 20.8 Å². The standard InChI is InChI=1S/C4H8O3.C4H8O2.2Na/c1-2-3(5)4(6)7;1-3(2)4(5)6;;/h3,5H,2H2,1H3,(H,6,7);3H,1-2H3,(H,5,6);;/q;;2*+1/p-2. The van der Waals surface area contributed by atoms with E-state index in [4.69, 9.17) is 5.11 Å². The summed E-state index contributed by atoms with van der Waals surface area (Å²) in [6, 6.07) is 0. The molecule has 0 aliphatic heterocycles. The van der Waals surface area contributed by atoms with E-state index in [-0.39, 0.29) is 71.5 Å². The Balaban J connectivity index is -0.0000000718. The molecule has 1 atom stereocenters. The van der Waals surface area contributed by atoms with Crippen LogP contribution in [0.3, 0.4) is 0 Å². The molecule has 0 rings (SSSR count). The number of rotatable bonds is 3. The van der Waals surface area contributed by atoms with Crippen molar-refractivity contribution in [2.75, 3.05) is 0 Å². The van der Waals surface area contributed by atoms with Crippen LogP contribution in [-0.4, -0.2) is 23.1 Å². The molecule has 1 N–H and O–H groups in total. The molecule has 0 spiro atoms. The molecule has 5 nitrogen and oxygen atoms in total. The van der Waals surface area contributed by atoms with Gasteiger partial charge in [-0.25, -0.2) is 0 Å². The average Bonchev–Trinajstić information content (AvgIpc) is 2.03. The first-order chi connectivity index (χ1) is 5.82. The van der Waals surface area contributed by atoms with Gasteiger partial charge in [0.05, 0.1) is 12.1 Å². The monoisotopic (exact) mass is 236 g/mol. The quantitative estimate of drug-likeness (QED) is 0.490. The maximum absolute atomic E-state index is 9.59. The molecular formula is C8H14Na2O5. The Kier molecular flexibility index (Phi) is 24.8. The van der Waals surface area contributed by atoms with Crippen molar-refractivity contribution in [3.8, 4) is 0 Å². The minimum Gasteiger partial charge on any atom is -0.550 e. The van der Waals surface area contributed by atoms with Crippen LogP contribution < -0.4 is 69.3 Å². The van der Waals surface area contributed by atoms with Crippen molar-refractivity contribution >= 4 is 11.9 Å². The van der Waals surface area contributed by atoms with E-state index in [0.29, 0.717) is 0 Å². The summed E-state index contributed by atoms with van der Waals surface area (Å²) in [4.78, 5) is 19.2. The van der Waals surface area contributed by atoms with E-state index in [1.807, 2.05) is 0 Å². The number of carbonyl (C=O) groups excluding carboxylic acids is 2. The molecule has 0 heterocycles. The van der Waals surface area contributed by atoms with Crippen LogP contribution in [0.2, 0.25) is 0 Å². The number of hydrogen-bond donors (Lipinski definition) is 1. The summed E-state index contributed by atoms with van der Waals surface area (Å²) in [5.74, 6) is -2.73. The van der Waals surface area contributed by atoms with Crippen LogP contribution in [-0.2, 0) is 9.59 Å². The number of carboxylic acids is 2. The third-order valence-electron chi connectivity index (χ3n) is 1.13. The van der Waals surface area contributed by atoms with E-state index in [9.17, 15) is 19.8 Å². The Morgan fingerprint density at radius 1 is 1.13 bits per heavy atom. The Morgan fingerprint density at radius 2 is 1.40 bits per heavy atom. The Hall–Kier alpha value is 0.900. The van der Waals surface area contributed by atoms with E-state index in [1.165, 1.54) is 0 Å². The van der Waals surface area contributed by atoms with E-state index < -0.39 is 18.0 Å². The molecule has 0 bridgehead atoms. The SMILES string of the molecule is CC(C)C(=O)[O-].CCC(O)C(=O)[O-].[Na+].[Na+]. The molecule has 0 saturated heterocycles.